The Labute approximate surface area is 167 Å². The Kier molecular flexibility index (Phi) is 8.64. The molecular formula is C22H33N3O3. The highest BCUT2D eigenvalue weighted by Gasteiger charge is 2.46. The summed E-state index contributed by atoms with van der Waals surface area (Å²) in [5, 5.41) is 10.2. The summed E-state index contributed by atoms with van der Waals surface area (Å²) in [6.07, 6.45) is 3.55. The number of amidine groups is 1. The van der Waals surface area contributed by atoms with E-state index in [4.69, 9.17) is 15.9 Å². The molecule has 1 amide bonds. The SMILES string of the molecule is CC(C)C[C@H](CC(=O)C1OC1c1ccccc1)C(=O)NCCCCCC(=N)N. The maximum atomic E-state index is 12.6. The smallest absolute Gasteiger partial charge is 0.223 e. The van der Waals surface area contributed by atoms with Gasteiger partial charge in [-0.15, -0.1) is 0 Å². The second-order valence-corrected chi connectivity index (χ2v) is 8.01. The number of rotatable bonds is 13. The number of carbonyl (C=O) groups excluding carboxylic acids is 2. The minimum absolute atomic E-state index is 0.0103. The number of Topliss-reactive ketones (excluding diaryl/α,β-unsaturated/α-hetero) is 1. The molecule has 0 aromatic heterocycles. The van der Waals surface area contributed by atoms with Crippen molar-refractivity contribution in [1.82, 2.24) is 5.32 Å². The molecule has 1 saturated heterocycles. The summed E-state index contributed by atoms with van der Waals surface area (Å²) in [7, 11) is 0. The van der Waals surface area contributed by atoms with E-state index in [1.807, 2.05) is 30.3 Å². The minimum atomic E-state index is -0.420. The standard InChI is InChI=1S/C22H33N3O3/c1-15(2)13-17(22(27)25-12-8-4-7-11-19(23)24)14-18(26)21-20(28-21)16-9-5-3-6-10-16/h3,5-6,9-10,15,17,20-21H,4,7-8,11-14H2,1-2H3,(H3,23,24)(H,25,27)/t17-,20?,21?/m1/s1. The second-order valence-electron chi connectivity index (χ2n) is 8.01. The molecule has 2 unspecified atom stereocenters. The summed E-state index contributed by atoms with van der Waals surface area (Å²) >= 11 is 0. The normalized spacial score (nSPS) is 19.2. The number of hydrogen-bond donors (Lipinski definition) is 3. The fraction of sp³-hybridized carbons (Fsp3) is 0.591. The van der Waals surface area contributed by atoms with Gasteiger partial charge in [-0.25, -0.2) is 0 Å². The lowest BCUT2D eigenvalue weighted by molar-refractivity contribution is -0.130. The predicted molar refractivity (Wildman–Crippen MR) is 110 cm³/mol. The van der Waals surface area contributed by atoms with Crippen LogP contribution in [0.25, 0.3) is 0 Å². The first-order valence-corrected chi connectivity index (χ1v) is 10.2. The first kappa shape index (κ1) is 22.1. The van der Waals surface area contributed by atoms with E-state index in [1.54, 1.807) is 0 Å². The fourth-order valence-corrected chi connectivity index (χ4v) is 3.44. The second kappa shape index (κ2) is 11.0. The number of ether oxygens (including phenoxy) is 1. The van der Waals surface area contributed by atoms with E-state index >= 15 is 0 Å². The molecule has 0 spiro atoms. The van der Waals surface area contributed by atoms with Crippen LogP contribution in [-0.2, 0) is 14.3 Å². The average Bonchev–Trinajstić information content (AvgIpc) is 3.45. The highest BCUT2D eigenvalue weighted by Crippen LogP contribution is 2.40. The van der Waals surface area contributed by atoms with Crippen molar-refractivity contribution in [2.45, 2.75) is 64.6 Å². The van der Waals surface area contributed by atoms with Crippen LogP contribution in [0.4, 0.5) is 0 Å². The molecule has 3 atom stereocenters. The number of nitrogens with two attached hydrogens (primary N) is 1. The molecule has 1 aliphatic heterocycles. The van der Waals surface area contributed by atoms with Crippen molar-refractivity contribution in [3.05, 3.63) is 35.9 Å². The lowest BCUT2D eigenvalue weighted by Crippen LogP contribution is -2.34. The molecule has 1 fully saturated rings. The molecule has 1 aliphatic rings. The number of carbonyl (C=O) groups is 2. The Hall–Kier alpha value is -2.21. The Morgan fingerprint density at radius 1 is 1.18 bits per heavy atom. The Morgan fingerprint density at radius 2 is 1.89 bits per heavy atom. The van der Waals surface area contributed by atoms with Gasteiger partial charge in [0.25, 0.3) is 0 Å². The highest BCUT2D eigenvalue weighted by atomic mass is 16.6. The van der Waals surface area contributed by atoms with Gasteiger partial charge in [0.15, 0.2) is 5.78 Å². The van der Waals surface area contributed by atoms with Gasteiger partial charge < -0.3 is 15.8 Å². The fourth-order valence-electron chi connectivity index (χ4n) is 3.44. The van der Waals surface area contributed by atoms with Gasteiger partial charge in [0.2, 0.25) is 5.91 Å². The summed E-state index contributed by atoms with van der Waals surface area (Å²) in [5.41, 5.74) is 6.35. The minimum Gasteiger partial charge on any atom is -0.388 e. The third-order valence-electron chi connectivity index (χ3n) is 4.93. The van der Waals surface area contributed by atoms with Crippen molar-refractivity contribution in [2.24, 2.45) is 17.6 Å². The molecule has 154 valence electrons. The third-order valence-corrected chi connectivity index (χ3v) is 4.93. The molecular weight excluding hydrogens is 354 g/mol. The molecule has 0 saturated carbocycles. The number of epoxide rings is 1. The van der Waals surface area contributed by atoms with Crippen LogP contribution < -0.4 is 11.1 Å². The number of ketones is 1. The van der Waals surface area contributed by atoms with E-state index in [-0.39, 0.29) is 36.0 Å². The number of benzene rings is 1. The summed E-state index contributed by atoms with van der Waals surface area (Å²) in [5.74, 6) is 0.187. The van der Waals surface area contributed by atoms with Gasteiger partial charge in [-0.3, -0.25) is 15.0 Å². The van der Waals surface area contributed by atoms with E-state index < -0.39 is 6.10 Å². The summed E-state index contributed by atoms with van der Waals surface area (Å²) in [6.45, 7) is 4.71. The molecule has 0 aliphatic carbocycles. The molecule has 1 heterocycles. The van der Waals surface area contributed by atoms with E-state index in [9.17, 15) is 9.59 Å². The van der Waals surface area contributed by atoms with E-state index in [0.29, 0.717) is 25.3 Å². The van der Waals surface area contributed by atoms with Gasteiger partial charge in [0, 0.05) is 25.3 Å². The van der Waals surface area contributed by atoms with Gasteiger partial charge in [-0.05, 0) is 30.7 Å². The Bertz CT molecular complexity index is 660. The molecule has 6 nitrogen and oxygen atoms in total. The van der Waals surface area contributed by atoms with Crippen LogP contribution in [0.5, 0.6) is 0 Å². The summed E-state index contributed by atoms with van der Waals surface area (Å²) < 4.78 is 5.59. The van der Waals surface area contributed by atoms with Gasteiger partial charge >= 0.3 is 0 Å². The van der Waals surface area contributed by atoms with Crippen molar-refractivity contribution < 1.29 is 14.3 Å². The molecule has 28 heavy (non-hydrogen) atoms. The van der Waals surface area contributed by atoms with Crippen LogP contribution in [0, 0.1) is 17.2 Å². The molecule has 1 aromatic rings. The van der Waals surface area contributed by atoms with Crippen molar-refractivity contribution >= 4 is 17.5 Å². The lowest BCUT2D eigenvalue weighted by Gasteiger charge is -2.18. The molecule has 0 radical (unpaired) electrons. The third kappa shape index (κ3) is 7.43. The van der Waals surface area contributed by atoms with Crippen molar-refractivity contribution in [2.75, 3.05) is 6.54 Å². The van der Waals surface area contributed by atoms with Crippen molar-refractivity contribution in [3.8, 4) is 0 Å². The van der Waals surface area contributed by atoms with Gasteiger partial charge in [-0.2, -0.15) is 0 Å². The van der Waals surface area contributed by atoms with Crippen molar-refractivity contribution in [3.63, 3.8) is 0 Å². The maximum Gasteiger partial charge on any atom is 0.223 e. The zero-order valence-corrected chi connectivity index (χ0v) is 16.9. The molecule has 6 heteroatoms. The van der Waals surface area contributed by atoms with Crippen LogP contribution in [-0.4, -0.2) is 30.2 Å². The van der Waals surface area contributed by atoms with Crippen LogP contribution >= 0.6 is 0 Å². The summed E-state index contributed by atoms with van der Waals surface area (Å²) in [4.78, 5) is 25.2. The average molecular weight is 388 g/mol. The first-order chi connectivity index (χ1) is 13.4. The summed E-state index contributed by atoms with van der Waals surface area (Å²) in [6, 6.07) is 9.73. The molecule has 1 aromatic carbocycles. The van der Waals surface area contributed by atoms with Crippen LogP contribution in [0.1, 0.15) is 64.0 Å². The number of amides is 1. The molecule has 0 bridgehead atoms. The molecule has 2 rings (SSSR count). The predicted octanol–water partition coefficient (Wildman–Crippen LogP) is 3.36. The lowest BCUT2D eigenvalue weighted by atomic mass is 9.90. The monoisotopic (exact) mass is 387 g/mol. The Morgan fingerprint density at radius 3 is 2.54 bits per heavy atom. The van der Waals surface area contributed by atoms with Crippen LogP contribution in [0.3, 0.4) is 0 Å². The largest absolute Gasteiger partial charge is 0.388 e. The van der Waals surface area contributed by atoms with E-state index in [2.05, 4.69) is 19.2 Å². The zero-order valence-electron chi connectivity index (χ0n) is 16.9. The van der Waals surface area contributed by atoms with Gasteiger partial charge in [0.05, 0.1) is 5.84 Å². The van der Waals surface area contributed by atoms with E-state index in [1.165, 1.54) is 0 Å². The molecule has 4 N–H and O–H groups in total. The van der Waals surface area contributed by atoms with E-state index in [0.717, 1.165) is 24.8 Å². The zero-order chi connectivity index (χ0) is 20.5. The van der Waals surface area contributed by atoms with Crippen LogP contribution in [0.15, 0.2) is 30.3 Å². The van der Waals surface area contributed by atoms with Crippen LogP contribution in [0.2, 0.25) is 0 Å². The van der Waals surface area contributed by atoms with Gasteiger partial charge in [-0.1, -0.05) is 50.6 Å². The topological polar surface area (TPSA) is 109 Å². The quantitative estimate of drug-likeness (QED) is 0.209. The van der Waals surface area contributed by atoms with Crippen molar-refractivity contribution in [1.29, 1.82) is 5.41 Å². The van der Waals surface area contributed by atoms with Gasteiger partial charge in [0.1, 0.15) is 12.2 Å². The number of hydrogen-bond acceptors (Lipinski definition) is 4. The first-order valence-electron chi connectivity index (χ1n) is 10.2. The maximum absolute atomic E-state index is 12.6. The highest BCUT2D eigenvalue weighted by molar-refractivity contribution is 5.91. The Balaban J connectivity index is 1.78. The number of nitrogens with one attached hydrogen (secondary N) is 2. The number of unbranched alkanes of at least 4 members (excludes halogenated alkanes) is 2.